The van der Waals surface area contributed by atoms with Crippen LogP contribution in [0.1, 0.15) is 30.2 Å². The van der Waals surface area contributed by atoms with E-state index in [1.165, 1.54) is 12.1 Å². The number of nitrogens with one attached hydrogen (secondary N) is 1. The minimum atomic E-state index is -0.304. The molecule has 2 heterocycles. The molecule has 1 aliphatic rings. The van der Waals surface area contributed by atoms with Crippen LogP contribution in [-0.2, 0) is 11.3 Å². The lowest BCUT2D eigenvalue weighted by molar-refractivity contribution is -0.122. The molecular formula is C22H22ClFN4O2. The number of carbonyl (C=O) groups excluding carboxylic acids is 1. The Kier molecular flexibility index (Phi) is 6.40. The summed E-state index contributed by atoms with van der Waals surface area (Å²) in [6, 6.07) is 13.5. The second-order valence-corrected chi connectivity index (χ2v) is 7.78. The second kappa shape index (κ2) is 9.36. The van der Waals surface area contributed by atoms with Crippen LogP contribution in [0, 0.1) is 5.82 Å². The molecule has 1 fully saturated rings. The smallest absolute Gasteiger partial charge is 0.247 e. The number of piperidine rings is 1. The van der Waals surface area contributed by atoms with E-state index >= 15 is 0 Å². The fraction of sp³-hybridized carbons (Fsp3) is 0.318. The van der Waals surface area contributed by atoms with Crippen LogP contribution in [0.15, 0.2) is 52.9 Å². The predicted molar refractivity (Wildman–Crippen MR) is 111 cm³/mol. The molecule has 1 amide bonds. The first-order valence-electron chi connectivity index (χ1n) is 9.90. The molecule has 1 saturated heterocycles. The van der Waals surface area contributed by atoms with E-state index < -0.39 is 0 Å². The van der Waals surface area contributed by atoms with E-state index in [-0.39, 0.29) is 17.6 Å². The Hall–Kier alpha value is -2.77. The van der Waals surface area contributed by atoms with Gasteiger partial charge in [0.25, 0.3) is 0 Å². The largest absolute Gasteiger partial charge is 0.420 e. The molecule has 2 aromatic carbocycles. The van der Waals surface area contributed by atoms with Crippen molar-refractivity contribution in [1.29, 1.82) is 0 Å². The zero-order valence-electron chi connectivity index (χ0n) is 16.4. The first-order chi connectivity index (χ1) is 14.6. The van der Waals surface area contributed by atoms with Crippen molar-refractivity contribution in [1.82, 2.24) is 20.4 Å². The summed E-state index contributed by atoms with van der Waals surface area (Å²) in [7, 11) is 0. The summed E-state index contributed by atoms with van der Waals surface area (Å²) in [4.78, 5) is 14.4. The lowest BCUT2D eigenvalue weighted by atomic mass is 9.97. The van der Waals surface area contributed by atoms with E-state index in [0.717, 1.165) is 31.5 Å². The number of carbonyl (C=O) groups is 1. The highest BCUT2D eigenvalue weighted by Gasteiger charge is 2.26. The van der Waals surface area contributed by atoms with Crippen molar-refractivity contribution in [2.75, 3.05) is 19.6 Å². The quantitative estimate of drug-likeness (QED) is 0.642. The number of aromatic nitrogens is 2. The number of nitrogens with zero attached hydrogens (tertiary/aromatic N) is 3. The Balaban J connectivity index is 1.25. The summed E-state index contributed by atoms with van der Waals surface area (Å²) >= 11 is 6.12. The van der Waals surface area contributed by atoms with Gasteiger partial charge in [-0.2, -0.15) is 0 Å². The summed E-state index contributed by atoms with van der Waals surface area (Å²) in [5.74, 6) is 0.823. The predicted octanol–water partition coefficient (Wildman–Crippen LogP) is 4.02. The average Bonchev–Trinajstić information content (AvgIpc) is 3.24. The fourth-order valence-corrected chi connectivity index (χ4v) is 3.74. The van der Waals surface area contributed by atoms with Crippen molar-refractivity contribution in [3.8, 4) is 11.5 Å². The molecule has 0 unspecified atom stereocenters. The van der Waals surface area contributed by atoms with Gasteiger partial charge in [-0.05, 0) is 61.8 Å². The molecule has 1 aliphatic heterocycles. The summed E-state index contributed by atoms with van der Waals surface area (Å²) < 4.78 is 18.9. The SMILES string of the molecule is O=C(CN1CCC(c2nnc(-c3ccc(F)cc3)o2)CC1)NCc1ccccc1Cl. The van der Waals surface area contributed by atoms with Crippen molar-refractivity contribution in [3.63, 3.8) is 0 Å². The molecule has 156 valence electrons. The highest BCUT2D eigenvalue weighted by atomic mass is 35.5. The van der Waals surface area contributed by atoms with Gasteiger partial charge in [-0.15, -0.1) is 10.2 Å². The van der Waals surface area contributed by atoms with Crippen molar-refractivity contribution in [2.24, 2.45) is 0 Å². The molecule has 1 aromatic heterocycles. The van der Waals surface area contributed by atoms with E-state index in [4.69, 9.17) is 16.0 Å². The minimum Gasteiger partial charge on any atom is -0.420 e. The molecule has 4 rings (SSSR count). The summed E-state index contributed by atoms with van der Waals surface area (Å²) in [6.07, 6.45) is 1.67. The molecule has 0 bridgehead atoms. The Morgan fingerprint density at radius 2 is 1.87 bits per heavy atom. The topological polar surface area (TPSA) is 71.3 Å². The van der Waals surface area contributed by atoms with Gasteiger partial charge >= 0.3 is 0 Å². The average molecular weight is 429 g/mol. The molecule has 0 atom stereocenters. The summed E-state index contributed by atoms with van der Waals surface area (Å²) in [6.45, 7) is 2.32. The van der Waals surface area contributed by atoms with E-state index in [9.17, 15) is 9.18 Å². The minimum absolute atomic E-state index is 0.0234. The van der Waals surface area contributed by atoms with E-state index in [1.54, 1.807) is 12.1 Å². The second-order valence-electron chi connectivity index (χ2n) is 7.37. The number of amides is 1. The van der Waals surface area contributed by atoms with Crippen molar-refractivity contribution < 1.29 is 13.6 Å². The lowest BCUT2D eigenvalue weighted by Gasteiger charge is -2.29. The molecule has 0 aliphatic carbocycles. The first kappa shape index (κ1) is 20.5. The zero-order valence-corrected chi connectivity index (χ0v) is 17.1. The molecule has 0 spiro atoms. The molecule has 8 heteroatoms. The van der Waals surface area contributed by atoms with Crippen LogP contribution in [0.25, 0.3) is 11.5 Å². The number of benzene rings is 2. The van der Waals surface area contributed by atoms with E-state index in [1.807, 2.05) is 24.3 Å². The van der Waals surface area contributed by atoms with Gasteiger partial charge in [-0.3, -0.25) is 9.69 Å². The van der Waals surface area contributed by atoms with Crippen LogP contribution in [0.2, 0.25) is 5.02 Å². The van der Waals surface area contributed by atoms with Gasteiger partial charge in [-0.25, -0.2) is 4.39 Å². The molecular weight excluding hydrogens is 407 g/mol. The molecule has 30 heavy (non-hydrogen) atoms. The van der Waals surface area contributed by atoms with Crippen LogP contribution < -0.4 is 5.32 Å². The van der Waals surface area contributed by atoms with E-state index in [2.05, 4.69) is 20.4 Å². The number of rotatable bonds is 6. The number of halogens is 2. The third-order valence-corrected chi connectivity index (χ3v) is 5.64. The van der Waals surface area contributed by atoms with Crippen LogP contribution in [0.4, 0.5) is 4.39 Å². The molecule has 3 aromatic rings. The molecule has 1 N–H and O–H groups in total. The maximum Gasteiger partial charge on any atom is 0.247 e. The Labute approximate surface area is 179 Å². The zero-order chi connectivity index (χ0) is 20.9. The standard InChI is InChI=1S/C22H22ClFN4O2/c23-19-4-2-1-3-17(19)13-25-20(29)14-28-11-9-16(10-12-28)22-27-26-21(30-22)15-5-7-18(24)8-6-15/h1-8,16H,9-14H2,(H,25,29). The molecule has 0 radical (unpaired) electrons. The highest BCUT2D eigenvalue weighted by Crippen LogP contribution is 2.29. The van der Waals surface area contributed by atoms with Gasteiger partial charge in [-0.1, -0.05) is 29.8 Å². The van der Waals surface area contributed by atoms with Gasteiger partial charge in [0.2, 0.25) is 17.7 Å². The third kappa shape index (κ3) is 5.04. The fourth-order valence-electron chi connectivity index (χ4n) is 3.54. The van der Waals surface area contributed by atoms with Crippen LogP contribution in [-0.4, -0.2) is 40.6 Å². The lowest BCUT2D eigenvalue weighted by Crippen LogP contribution is -2.41. The Morgan fingerprint density at radius 3 is 2.60 bits per heavy atom. The van der Waals surface area contributed by atoms with Gasteiger partial charge in [0, 0.05) is 23.0 Å². The summed E-state index contributed by atoms with van der Waals surface area (Å²) in [5.41, 5.74) is 1.60. The highest BCUT2D eigenvalue weighted by molar-refractivity contribution is 6.31. The van der Waals surface area contributed by atoms with Crippen LogP contribution >= 0.6 is 11.6 Å². The molecule has 6 nitrogen and oxygen atoms in total. The maximum absolute atomic E-state index is 13.1. The number of hydrogen-bond acceptors (Lipinski definition) is 5. The normalized spacial score (nSPS) is 15.3. The third-order valence-electron chi connectivity index (χ3n) is 5.27. The van der Waals surface area contributed by atoms with Gasteiger partial charge in [0.15, 0.2) is 0 Å². The van der Waals surface area contributed by atoms with Crippen molar-refractivity contribution in [3.05, 3.63) is 70.8 Å². The number of hydrogen-bond donors (Lipinski definition) is 1. The van der Waals surface area contributed by atoms with Gasteiger partial charge < -0.3 is 9.73 Å². The molecule has 0 saturated carbocycles. The van der Waals surface area contributed by atoms with Crippen molar-refractivity contribution in [2.45, 2.75) is 25.3 Å². The number of likely N-dealkylation sites (tertiary alicyclic amines) is 1. The van der Waals surface area contributed by atoms with Crippen LogP contribution in [0.3, 0.4) is 0 Å². The maximum atomic E-state index is 13.1. The Bertz CT molecular complexity index is 1000. The Morgan fingerprint density at radius 1 is 1.13 bits per heavy atom. The van der Waals surface area contributed by atoms with E-state index in [0.29, 0.717) is 35.5 Å². The summed E-state index contributed by atoms with van der Waals surface area (Å²) in [5, 5.41) is 11.8. The van der Waals surface area contributed by atoms with Crippen LogP contribution in [0.5, 0.6) is 0 Å². The first-order valence-corrected chi connectivity index (χ1v) is 10.3. The monoisotopic (exact) mass is 428 g/mol. The van der Waals surface area contributed by atoms with Crippen molar-refractivity contribution >= 4 is 17.5 Å². The van der Waals surface area contributed by atoms with Gasteiger partial charge in [0.05, 0.1) is 6.54 Å². The van der Waals surface area contributed by atoms with Gasteiger partial charge in [0.1, 0.15) is 5.82 Å².